The Morgan fingerprint density at radius 3 is 2.68 bits per heavy atom. The molecule has 3 atom stereocenters. The Morgan fingerprint density at radius 2 is 1.96 bits per heavy atom. The summed E-state index contributed by atoms with van der Waals surface area (Å²) in [7, 11) is 1.40. The predicted octanol–water partition coefficient (Wildman–Crippen LogP) is 5.26. The van der Waals surface area contributed by atoms with Crippen molar-refractivity contribution in [1.82, 2.24) is 0 Å². The van der Waals surface area contributed by atoms with Crippen LogP contribution in [0.2, 0.25) is 5.02 Å². The Kier molecular flexibility index (Phi) is 4.04. The van der Waals surface area contributed by atoms with E-state index in [-0.39, 0.29) is 12.0 Å². The van der Waals surface area contributed by atoms with Crippen LogP contribution in [0.3, 0.4) is 0 Å². The summed E-state index contributed by atoms with van der Waals surface area (Å²) in [6, 6.07) is 12.0. The molecule has 2 aromatic rings. The standard InChI is InChI=1S/C21H20ClNO2/c1-12-18(22)11-10-17-15-4-3-5-16(15)20(23-19(12)17)13-6-8-14(9-7-13)21(24)25-2/h3-4,6-11,15-16,20,23H,5H2,1-2H3/t15-,16-,20+/m1/s1. The lowest BCUT2D eigenvalue weighted by Gasteiger charge is -2.38. The first-order chi connectivity index (χ1) is 12.1. The number of methoxy groups -OCH3 is 1. The van der Waals surface area contributed by atoms with E-state index in [1.807, 2.05) is 30.3 Å². The van der Waals surface area contributed by atoms with Crippen molar-refractivity contribution in [2.24, 2.45) is 5.92 Å². The lowest BCUT2D eigenvalue weighted by Crippen LogP contribution is -2.29. The molecule has 2 aromatic carbocycles. The molecule has 0 fully saturated rings. The molecular formula is C21H20ClNO2. The summed E-state index contributed by atoms with van der Waals surface area (Å²) in [4.78, 5) is 11.7. The van der Waals surface area contributed by atoms with Gasteiger partial charge >= 0.3 is 5.97 Å². The number of rotatable bonds is 2. The lowest BCUT2D eigenvalue weighted by atomic mass is 9.76. The maximum atomic E-state index is 11.7. The fourth-order valence-corrected chi connectivity index (χ4v) is 4.22. The second kappa shape index (κ2) is 6.23. The van der Waals surface area contributed by atoms with Crippen LogP contribution in [-0.4, -0.2) is 13.1 Å². The van der Waals surface area contributed by atoms with E-state index in [2.05, 4.69) is 30.5 Å². The van der Waals surface area contributed by atoms with E-state index in [1.165, 1.54) is 18.2 Å². The zero-order valence-corrected chi connectivity index (χ0v) is 15.0. The smallest absolute Gasteiger partial charge is 0.337 e. The molecule has 1 N–H and O–H groups in total. The molecule has 0 unspecified atom stereocenters. The number of halogens is 1. The second-order valence-corrected chi connectivity index (χ2v) is 7.13. The molecule has 3 nitrogen and oxygen atoms in total. The Hall–Kier alpha value is -2.26. The third kappa shape index (κ3) is 2.63. The summed E-state index contributed by atoms with van der Waals surface area (Å²) in [6.45, 7) is 2.06. The van der Waals surface area contributed by atoms with Gasteiger partial charge in [0, 0.05) is 16.6 Å². The molecule has 1 heterocycles. The van der Waals surface area contributed by atoms with Gasteiger partial charge in [0.15, 0.2) is 0 Å². The minimum absolute atomic E-state index is 0.191. The Bertz CT molecular complexity index is 857. The van der Waals surface area contributed by atoms with Gasteiger partial charge in [-0.2, -0.15) is 0 Å². The second-order valence-electron chi connectivity index (χ2n) is 6.73. The SMILES string of the molecule is COC(=O)c1ccc([C@@H]2Nc3c(ccc(Cl)c3C)[C@@H]3C=CC[C@H]32)cc1. The number of benzene rings is 2. The van der Waals surface area contributed by atoms with Crippen LogP contribution in [0.1, 0.15) is 45.4 Å². The zero-order valence-electron chi connectivity index (χ0n) is 14.3. The number of fused-ring (bicyclic) bond motifs is 3. The maximum Gasteiger partial charge on any atom is 0.337 e. The van der Waals surface area contributed by atoms with E-state index in [0.717, 1.165) is 22.7 Å². The van der Waals surface area contributed by atoms with Crippen LogP contribution in [0.5, 0.6) is 0 Å². The van der Waals surface area contributed by atoms with Crippen molar-refractivity contribution in [1.29, 1.82) is 0 Å². The first-order valence-corrected chi connectivity index (χ1v) is 8.88. The van der Waals surface area contributed by atoms with E-state index in [9.17, 15) is 4.79 Å². The first kappa shape index (κ1) is 16.2. The van der Waals surface area contributed by atoms with Crippen LogP contribution in [0.15, 0.2) is 48.6 Å². The molecule has 0 bridgehead atoms. The van der Waals surface area contributed by atoms with Gasteiger partial charge in [-0.15, -0.1) is 0 Å². The monoisotopic (exact) mass is 353 g/mol. The van der Waals surface area contributed by atoms with Crippen LogP contribution in [0, 0.1) is 12.8 Å². The van der Waals surface area contributed by atoms with Crippen molar-refractivity contribution in [3.8, 4) is 0 Å². The minimum atomic E-state index is -0.309. The summed E-state index contributed by atoms with van der Waals surface area (Å²) < 4.78 is 4.79. The molecule has 1 aliphatic heterocycles. The molecule has 0 aromatic heterocycles. The largest absolute Gasteiger partial charge is 0.465 e. The topological polar surface area (TPSA) is 38.3 Å². The average Bonchev–Trinajstić information content (AvgIpc) is 3.13. The molecule has 128 valence electrons. The highest BCUT2D eigenvalue weighted by Gasteiger charge is 2.38. The van der Waals surface area contributed by atoms with E-state index in [4.69, 9.17) is 16.3 Å². The normalized spacial score (nSPS) is 23.6. The van der Waals surface area contributed by atoms with Gasteiger partial charge in [0.2, 0.25) is 0 Å². The highest BCUT2D eigenvalue weighted by molar-refractivity contribution is 6.31. The van der Waals surface area contributed by atoms with Crippen LogP contribution in [0.4, 0.5) is 5.69 Å². The molecule has 0 radical (unpaired) electrons. The Balaban J connectivity index is 1.73. The number of hydrogen-bond donors (Lipinski definition) is 1. The van der Waals surface area contributed by atoms with Gasteiger partial charge in [-0.25, -0.2) is 4.79 Å². The minimum Gasteiger partial charge on any atom is -0.465 e. The van der Waals surface area contributed by atoms with Gasteiger partial charge in [0.25, 0.3) is 0 Å². The molecular weight excluding hydrogens is 334 g/mol. The maximum absolute atomic E-state index is 11.7. The van der Waals surface area contributed by atoms with Crippen molar-refractivity contribution in [2.45, 2.75) is 25.3 Å². The fourth-order valence-electron chi connectivity index (χ4n) is 4.06. The zero-order chi connectivity index (χ0) is 17.6. The van der Waals surface area contributed by atoms with Crippen molar-refractivity contribution >= 4 is 23.3 Å². The molecule has 0 amide bonds. The van der Waals surface area contributed by atoms with Crippen LogP contribution >= 0.6 is 11.6 Å². The summed E-state index contributed by atoms with van der Waals surface area (Å²) in [5.41, 5.74) is 5.30. The molecule has 4 heteroatoms. The highest BCUT2D eigenvalue weighted by Crippen LogP contribution is 2.51. The van der Waals surface area contributed by atoms with E-state index >= 15 is 0 Å². The number of hydrogen-bond acceptors (Lipinski definition) is 3. The first-order valence-electron chi connectivity index (χ1n) is 8.50. The number of allylic oxidation sites excluding steroid dienone is 2. The Morgan fingerprint density at radius 1 is 1.20 bits per heavy atom. The van der Waals surface area contributed by atoms with Crippen molar-refractivity contribution in [3.05, 3.63) is 75.8 Å². The molecule has 0 spiro atoms. The molecule has 0 saturated carbocycles. The van der Waals surface area contributed by atoms with Gasteiger partial charge in [0.1, 0.15) is 0 Å². The molecule has 25 heavy (non-hydrogen) atoms. The number of anilines is 1. The summed E-state index contributed by atoms with van der Waals surface area (Å²) in [6.07, 6.45) is 5.63. The third-order valence-electron chi connectivity index (χ3n) is 5.42. The number of carbonyl (C=O) groups is 1. The van der Waals surface area contributed by atoms with Crippen molar-refractivity contribution < 1.29 is 9.53 Å². The van der Waals surface area contributed by atoms with Gasteiger partial charge in [0.05, 0.1) is 18.7 Å². The predicted molar refractivity (Wildman–Crippen MR) is 100 cm³/mol. The lowest BCUT2D eigenvalue weighted by molar-refractivity contribution is 0.0600. The van der Waals surface area contributed by atoms with Crippen molar-refractivity contribution in [2.75, 3.05) is 12.4 Å². The van der Waals surface area contributed by atoms with Gasteiger partial charge < -0.3 is 10.1 Å². The van der Waals surface area contributed by atoms with Crippen LogP contribution in [-0.2, 0) is 4.74 Å². The summed E-state index contributed by atoms with van der Waals surface area (Å²) >= 11 is 6.34. The Labute approximate surface area is 152 Å². The molecule has 0 saturated heterocycles. The highest BCUT2D eigenvalue weighted by atomic mass is 35.5. The van der Waals surface area contributed by atoms with Crippen LogP contribution < -0.4 is 5.32 Å². The summed E-state index contributed by atoms with van der Waals surface area (Å²) in [5, 5.41) is 4.50. The average molecular weight is 354 g/mol. The van der Waals surface area contributed by atoms with Crippen molar-refractivity contribution in [3.63, 3.8) is 0 Å². The third-order valence-corrected chi connectivity index (χ3v) is 5.83. The molecule has 1 aliphatic carbocycles. The van der Waals surface area contributed by atoms with Gasteiger partial charge in [-0.3, -0.25) is 0 Å². The number of nitrogens with one attached hydrogen (secondary N) is 1. The number of esters is 1. The van der Waals surface area contributed by atoms with Gasteiger partial charge in [-0.05, 0) is 54.2 Å². The quantitative estimate of drug-likeness (QED) is 0.591. The fraction of sp³-hybridized carbons (Fsp3) is 0.286. The summed E-state index contributed by atoms with van der Waals surface area (Å²) in [5.74, 6) is 0.561. The number of carbonyl (C=O) groups excluding carboxylic acids is 1. The number of ether oxygens (including phenoxy) is 1. The van der Waals surface area contributed by atoms with E-state index in [0.29, 0.717) is 17.4 Å². The molecule has 4 rings (SSSR count). The van der Waals surface area contributed by atoms with Gasteiger partial charge in [-0.1, -0.05) is 42.0 Å². The molecule has 2 aliphatic rings. The van der Waals surface area contributed by atoms with Crippen LogP contribution in [0.25, 0.3) is 0 Å². The van der Waals surface area contributed by atoms with E-state index < -0.39 is 0 Å². The van der Waals surface area contributed by atoms with E-state index in [1.54, 1.807) is 0 Å².